The van der Waals surface area contributed by atoms with E-state index in [4.69, 9.17) is 0 Å². The van der Waals surface area contributed by atoms with Crippen LogP contribution in [0.3, 0.4) is 0 Å². The third kappa shape index (κ3) is 3.78. The lowest BCUT2D eigenvalue weighted by atomic mass is 10.2. The summed E-state index contributed by atoms with van der Waals surface area (Å²) in [5.41, 5.74) is -2.34. The van der Waals surface area contributed by atoms with E-state index in [0.717, 1.165) is 24.3 Å². The number of benzene rings is 1. The van der Waals surface area contributed by atoms with E-state index in [0.29, 0.717) is 12.1 Å². The fraction of sp³-hybridized carbons (Fsp3) is 0.0769. The first-order chi connectivity index (χ1) is 10.7. The van der Waals surface area contributed by atoms with E-state index in [2.05, 4.69) is 4.98 Å². The molecule has 0 fully saturated rings. The predicted octanol–water partition coefficient (Wildman–Crippen LogP) is 3.40. The standard InChI is InChI=1S/C13H7F4N3O3/c14-9-6-7(20(22)23)4-5-8(9)12(21)19-11-3-1-2-10(18-11)13(15,16)17/h1-6H,(H,18,19,21). The average molecular weight is 329 g/mol. The molecule has 23 heavy (non-hydrogen) atoms. The number of carbonyl (C=O) groups is 1. The summed E-state index contributed by atoms with van der Waals surface area (Å²) in [5.74, 6) is -2.68. The molecule has 0 saturated heterocycles. The van der Waals surface area contributed by atoms with Crippen molar-refractivity contribution in [1.82, 2.24) is 4.98 Å². The van der Waals surface area contributed by atoms with Crippen LogP contribution in [-0.2, 0) is 6.18 Å². The van der Waals surface area contributed by atoms with Gasteiger partial charge in [0.1, 0.15) is 17.3 Å². The van der Waals surface area contributed by atoms with Crippen LogP contribution < -0.4 is 5.32 Å². The second kappa shape index (κ2) is 5.99. The fourth-order valence-corrected chi connectivity index (χ4v) is 1.65. The molecule has 0 unspecified atom stereocenters. The van der Waals surface area contributed by atoms with Gasteiger partial charge in [-0.2, -0.15) is 13.2 Å². The Balaban J connectivity index is 2.24. The van der Waals surface area contributed by atoms with Crippen LogP contribution in [0.15, 0.2) is 36.4 Å². The van der Waals surface area contributed by atoms with E-state index >= 15 is 0 Å². The minimum atomic E-state index is -4.70. The topological polar surface area (TPSA) is 85.1 Å². The molecule has 0 aliphatic carbocycles. The highest BCUT2D eigenvalue weighted by Crippen LogP contribution is 2.28. The van der Waals surface area contributed by atoms with E-state index in [1.807, 2.05) is 5.32 Å². The van der Waals surface area contributed by atoms with E-state index < -0.39 is 45.6 Å². The summed E-state index contributed by atoms with van der Waals surface area (Å²) >= 11 is 0. The summed E-state index contributed by atoms with van der Waals surface area (Å²) in [6, 6.07) is 5.12. The van der Waals surface area contributed by atoms with Crippen molar-refractivity contribution in [3.05, 3.63) is 63.6 Å². The Morgan fingerprint density at radius 2 is 1.91 bits per heavy atom. The molecule has 0 spiro atoms. The summed E-state index contributed by atoms with van der Waals surface area (Å²) in [7, 11) is 0. The normalized spacial score (nSPS) is 11.1. The SMILES string of the molecule is O=C(Nc1cccc(C(F)(F)F)n1)c1ccc([N+](=O)[O-])cc1F. The quantitative estimate of drug-likeness (QED) is 0.531. The van der Waals surface area contributed by atoms with Gasteiger partial charge < -0.3 is 5.32 Å². The molecule has 1 amide bonds. The molecule has 6 nitrogen and oxygen atoms in total. The summed E-state index contributed by atoms with van der Waals surface area (Å²) < 4.78 is 51.2. The van der Waals surface area contributed by atoms with Crippen LogP contribution >= 0.6 is 0 Å². The second-order valence-corrected chi connectivity index (χ2v) is 4.28. The van der Waals surface area contributed by atoms with Crippen molar-refractivity contribution in [3.8, 4) is 0 Å². The largest absolute Gasteiger partial charge is 0.433 e. The number of non-ortho nitro benzene ring substituents is 1. The predicted molar refractivity (Wildman–Crippen MR) is 70.2 cm³/mol. The number of anilines is 1. The Kier molecular flexibility index (Phi) is 4.25. The number of hydrogen-bond acceptors (Lipinski definition) is 4. The molecule has 2 aromatic rings. The number of carbonyl (C=O) groups excluding carboxylic acids is 1. The summed E-state index contributed by atoms with van der Waals surface area (Å²) in [6.45, 7) is 0. The Bertz CT molecular complexity index is 777. The van der Waals surface area contributed by atoms with Gasteiger partial charge in [0.15, 0.2) is 0 Å². The number of hydrogen-bond donors (Lipinski definition) is 1. The minimum absolute atomic E-state index is 0.428. The summed E-state index contributed by atoms with van der Waals surface area (Å²) in [6.07, 6.45) is -4.70. The van der Waals surface area contributed by atoms with Crippen molar-refractivity contribution in [3.63, 3.8) is 0 Å². The van der Waals surface area contributed by atoms with Crippen molar-refractivity contribution in [2.75, 3.05) is 5.32 Å². The highest BCUT2D eigenvalue weighted by molar-refractivity contribution is 6.04. The molecule has 120 valence electrons. The molecule has 0 bridgehead atoms. The van der Waals surface area contributed by atoms with Crippen molar-refractivity contribution in [2.45, 2.75) is 6.18 Å². The zero-order valence-corrected chi connectivity index (χ0v) is 11.1. The third-order valence-electron chi connectivity index (χ3n) is 2.69. The molecular weight excluding hydrogens is 322 g/mol. The minimum Gasteiger partial charge on any atom is -0.306 e. The lowest BCUT2D eigenvalue weighted by molar-refractivity contribution is -0.385. The number of nitrogens with one attached hydrogen (secondary N) is 1. The number of nitrogens with zero attached hydrogens (tertiary/aromatic N) is 2. The first kappa shape index (κ1) is 16.3. The van der Waals surface area contributed by atoms with Gasteiger partial charge in [0.05, 0.1) is 16.6 Å². The van der Waals surface area contributed by atoms with Crippen molar-refractivity contribution in [2.24, 2.45) is 0 Å². The number of alkyl halides is 3. The lowest BCUT2D eigenvalue weighted by Crippen LogP contribution is -2.16. The van der Waals surface area contributed by atoms with Gasteiger partial charge in [-0.25, -0.2) is 9.37 Å². The molecule has 10 heteroatoms. The number of aromatic nitrogens is 1. The number of amides is 1. The van der Waals surface area contributed by atoms with E-state index in [9.17, 15) is 32.5 Å². The summed E-state index contributed by atoms with van der Waals surface area (Å²) in [4.78, 5) is 24.7. The molecule has 0 saturated carbocycles. The number of pyridine rings is 1. The van der Waals surface area contributed by atoms with Crippen LogP contribution in [0.2, 0.25) is 0 Å². The highest BCUT2D eigenvalue weighted by atomic mass is 19.4. The summed E-state index contributed by atoms with van der Waals surface area (Å²) in [5, 5.41) is 12.5. The van der Waals surface area contributed by atoms with Crippen LogP contribution in [0.5, 0.6) is 0 Å². The molecule has 1 N–H and O–H groups in total. The number of nitro groups is 1. The maximum absolute atomic E-state index is 13.7. The lowest BCUT2D eigenvalue weighted by Gasteiger charge is -2.09. The molecule has 2 rings (SSSR count). The Morgan fingerprint density at radius 1 is 1.22 bits per heavy atom. The Labute approximate surface area is 125 Å². The smallest absolute Gasteiger partial charge is 0.306 e. The third-order valence-corrected chi connectivity index (χ3v) is 2.69. The van der Waals surface area contributed by atoms with E-state index in [1.165, 1.54) is 0 Å². The van der Waals surface area contributed by atoms with Crippen LogP contribution in [0, 0.1) is 15.9 Å². The van der Waals surface area contributed by atoms with E-state index in [1.54, 1.807) is 0 Å². The highest BCUT2D eigenvalue weighted by Gasteiger charge is 2.32. The molecule has 0 aliphatic heterocycles. The number of halogens is 4. The monoisotopic (exact) mass is 329 g/mol. The maximum atomic E-state index is 13.7. The van der Waals surface area contributed by atoms with E-state index in [-0.39, 0.29) is 0 Å². The van der Waals surface area contributed by atoms with Crippen molar-refractivity contribution < 1.29 is 27.3 Å². The van der Waals surface area contributed by atoms with Gasteiger partial charge in [-0.1, -0.05) is 6.07 Å². The van der Waals surface area contributed by atoms with Crippen molar-refractivity contribution >= 4 is 17.4 Å². The molecule has 0 radical (unpaired) electrons. The van der Waals surface area contributed by atoms with Crippen LogP contribution in [0.25, 0.3) is 0 Å². The van der Waals surface area contributed by atoms with Gasteiger partial charge >= 0.3 is 6.18 Å². The second-order valence-electron chi connectivity index (χ2n) is 4.28. The molecule has 1 heterocycles. The molecule has 1 aromatic carbocycles. The number of nitro benzene ring substituents is 1. The molecular formula is C13H7F4N3O3. The van der Waals surface area contributed by atoms with Crippen molar-refractivity contribution in [1.29, 1.82) is 0 Å². The van der Waals surface area contributed by atoms with Gasteiger partial charge in [0, 0.05) is 6.07 Å². The van der Waals surface area contributed by atoms with Gasteiger partial charge in [-0.3, -0.25) is 14.9 Å². The maximum Gasteiger partial charge on any atom is 0.433 e. The first-order valence-electron chi connectivity index (χ1n) is 5.98. The molecule has 0 atom stereocenters. The Morgan fingerprint density at radius 3 is 2.48 bits per heavy atom. The van der Waals surface area contributed by atoms with Crippen LogP contribution in [0.4, 0.5) is 29.1 Å². The Hall–Kier alpha value is -3.04. The number of rotatable bonds is 3. The average Bonchev–Trinajstić information content (AvgIpc) is 2.46. The molecule has 0 aliphatic rings. The van der Waals surface area contributed by atoms with Gasteiger partial charge in [0.2, 0.25) is 0 Å². The van der Waals surface area contributed by atoms with Crippen LogP contribution in [0.1, 0.15) is 16.1 Å². The first-order valence-corrected chi connectivity index (χ1v) is 5.98. The van der Waals surface area contributed by atoms with Gasteiger partial charge in [-0.05, 0) is 18.2 Å². The van der Waals surface area contributed by atoms with Gasteiger partial charge in [0.25, 0.3) is 11.6 Å². The zero-order valence-electron chi connectivity index (χ0n) is 11.1. The van der Waals surface area contributed by atoms with Gasteiger partial charge in [-0.15, -0.1) is 0 Å². The zero-order chi connectivity index (χ0) is 17.2. The fourth-order valence-electron chi connectivity index (χ4n) is 1.65. The van der Waals surface area contributed by atoms with Crippen LogP contribution in [-0.4, -0.2) is 15.8 Å². The molecule has 1 aromatic heterocycles.